The summed E-state index contributed by atoms with van der Waals surface area (Å²) in [5.41, 5.74) is 0. The fourth-order valence-electron chi connectivity index (χ4n) is 3.04. The lowest BCUT2D eigenvalue weighted by molar-refractivity contribution is 0.0690. The van der Waals surface area contributed by atoms with E-state index in [9.17, 15) is 8.42 Å². The third kappa shape index (κ3) is 3.45. The molecule has 2 aliphatic rings. The highest BCUT2D eigenvalue weighted by molar-refractivity contribution is 7.91. The molecular weight excluding hydrogens is 248 g/mol. The maximum Gasteiger partial charge on any atom is 0.150 e. The molecule has 18 heavy (non-hydrogen) atoms. The van der Waals surface area contributed by atoms with Gasteiger partial charge in [0.1, 0.15) is 9.84 Å². The maximum absolute atomic E-state index is 11.4. The Hall–Kier alpha value is -0.130. The molecule has 0 radical (unpaired) electrons. The van der Waals surface area contributed by atoms with Gasteiger partial charge in [0.2, 0.25) is 0 Å². The first-order valence-corrected chi connectivity index (χ1v) is 9.02. The van der Waals surface area contributed by atoms with Crippen LogP contribution in [0.25, 0.3) is 0 Å². The van der Waals surface area contributed by atoms with Crippen LogP contribution in [0.3, 0.4) is 0 Å². The van der Waals surface area contributed by atoms with E-state index < -0.39 is 9.84 Å². The van der Waals surface area contributed by atoms with Crippen LogP contribution in [0.2, 0.25) is 0 Å². The SMILES string of the molecule is CCC(C)N1CCN(C2CCS(=O)(=O)CC2)CC1. The largest absolute Gasteiger partial charge is 0.298 e. The Balaban J connectivity index is 1.80. The number of rotatable bonds is 3. The van der Waals surface area contributed by atoms with Crippen molar-refractivity contribution in [3.05, 3.63) is 0 Å². The minimum absolute atomic E-state index is 0.392. The minimum Gasteiger partial charge on any atom is -0.298 e. The summed E-state index contributed by atoms with van der Waals surface area (Å²) in [6.07, 6.45) is 2.89. The summed E-state index contributed by atoms with van der Waals surface area (Å²) >= 11 is 0. The standard InChI is InChI=1S/C13H26N2O2S/c1-3-12(2)14-6-8-15(9-7-14)13-4-10-18(16,17)11-5-13/h12-13H,3-11H2,1-2H3. The van der Waals surface area contributed by atoms with Gasteiger partial charge in [-0.05, 0) is 26.2 Å². The van der Waals surface area contributed by atoms with Gasteiger partial charge in [-0.2, -0.15) is 0 Å². The zero-order valence-electron chi connectivity index (χ0n) is 11.6. The molecule has 106 valence electrons. The Morgan fingerprint density at radius 3 is 2.17 bits per heavy atom. The summed E-state index contributed by atoms with van der Waals surface area (Å²) in [6.45, 7) is 9.02. The molecule has 0 aliphatic carbocycles. The highest BCUT2D eigenvalue weighted by Crippen LogP contribution is 2.20. The lowest BCUT2D eigenvalue weighted by Crippen LogP contribution is -2.53. The molecule has 0 aromatic heterocycles. The topological polar surface area (TPSA) is 40.6 Å². The highest BCUT2D eigenvalue weighted by atomic mass is 32.2. The van der Waals surface area contributed by atoms with Crippen LogP contribution in [0.4, 0.5) is 0 Å². The number of nitrogens with zero attached hydrogens (tertiary/aromatic N) is 2. The van der Waals surface area contributed by atoms with Gasteiger partial charge >= 0.3 is 0 Å². The Labute approximate surface area is 111 Å². The molecular formula is C13H26N2O2S. The van der Waals surface area contributed by atoms with Gasteiger partial charge < -0.3 is 0 Å². The molecule has 1 atom stereocenters. The van der Waals surface area contributed by atoms with Gasteiger partial charge in [0.25, 0.3) is 0 Å². The Morgan fingerprint density at radius 2 is 1.67 bits per heavy atom. The van der Waals surface area contributed by atoms with Crippen LogP contribution >= 0.6 is 0 Å². The summed E-state index contributed by atoms with van der Waals surface area (Å²) in [6, 6.07) is 1.19. The van der Waals surface area contributed by atoms with Gasteiger partial charge in [0.15, 0.2) is 0 Å². The first kappa shape index (κ1) is 14.3. The van der Waals surface area contributed by atoms with Crippen molar-refractivity contribution in [1.29, 1.82) is 0 Å². The second-order valence-corrected chi connectivity index (χ2v) is 8.02. The summed E-state index contributed by atoms with van der Waals surface area (Å²) in [5, 5.41) is 0. The molecule has 0 amide bonds. The van der Waals surface area contributed by atoms with Crippen LogP contribution in [0.5, 0.6) is 0 Å². The van der Waals surface area contributed by atoms with Gasteiger partial charge in [-0.15, -0.1) is 0 Å². The monoisotopic (exact) mass is 274 g/mol. The van der Waals surface area contributed by atoms with Crippen molar-refractivity contribution in [3.63, 3.8) is 0 Å². The van der Waals surface area contributed by atoms with Gasteiger partial charge in [-0.25, -0.2) is 8.42 Å². The Morgan fingerprint density at radius 1 is 1.11 bits per heavy atom. The van der Waals surface area contributed by atoms with Crippen molar-refractivity contribution in [3.8, 4) is 0 Å². The quantitative estimate of drug-likeness (QED) is 0.769. The lowest BCUT2D eigenvalue weighted by atomic mass is 10.1. The molecule has 5 heteroatoms. The van der Waals surface area contributed by atoms with Crippen LogP contribution in [0, 0.1) is 0 Å². The summed E-state index contributed by atoms with van der Waals surface area (Å²) in [7, 11) is -2.72. The molecule has 2 fully saturated rings. The number of sulfone groups is 1. The van der Waals surface area contributed by atoms with Gasteiger partial charge in [0.05, 0.1) is 11.5 Å². The summed E-state index contributed by atoms with van der Waals surface area (Å²) in [5.74, 6) is 0.784. The average Bonchev–Trinajstić information content (AvgIpc) is 2.38. The van der Waals surface area contributed by atoms with E-state index in [1.807, 2.05) is 0 Å². The van der Waals surface area contributed by atoms with E-state index >= 15 is 0 Å². The normalized spacial score (nSPS) is 29.2. The molecule has 0 bridgehead atoms. The van der Waals surface area contributed by atoms with Gasteiger partial charge in [0, 0.05) is 38.3 Å². The third-order valence-corrected chi connectivity index (χ3v) is 6.32. The predicted molar refractivity (Wildman–Crippen MR) is 74.6 cm³/mol. The third-order valence-electron chi connectivity index (χ3n) is 4.60. The zero-order valence-corrected chi connectivity index (χ0v) is 12.5. The van der Waals surface area contributed by atoms with E-state index in [1.165, 1.54) is 6.42 Å². The predicted octanol–water partition coefficient (Wildman–Crippen LogP) is 0.980. The first-order valence-electron chi connectivity index (χ1n) is 7.20. The van der Waals surface area contributed by atoms with Crippen molar-refractivity contribution in [2.75, 3.05) is 37.7 Å². The fourth-order valence-corrected chi connectivity index (χ4v) is 4.51. The van der Waals surface area contributed by atoms with E-state index in [1.54, 1.807) is 0 Å². The van der Waals surface area contributed by atoms with Crippen LogP contribution in [-0.4, -0.2) is 68.0 Å². The fraction of sp³-hybridized carbons (Fsp3) is 1.00. The van der Waals surface area contributed by atoms with E-state index in [2.05, 4.69) is 23.6 Å². The van der Waals surface area contributed by atoms with E-state index in [4.69, 9.17) is 0 Å². The summed E-state index contributed by atoms with van der Waals surface area (Å²) in [4.78, 5) is 5.06. The van der Waals surface area contributed by atoms with Crippen molar-refractivity contribution < 1.29 is 8.42 Å². The van der Waals surface area contributed by atoms with E-state index in [0.29, 0.717) is 23.6 Å². The Bertz CT molecular complexity index is 347. The molecule has 1 unspecified atom stereocenters. The molecule has 2 aliphatic heterocycles. The van der Waals surface area contributed by atoms with Crippen LogP contribution in [0.1, 0.15) is 33.1 Å². The summed E-state index contributed by atoms with van der Waals surface area (Å²) < 4.78 is 22.9. The van der Waals surface area contributed by atoms with E-state index in [0.717, 1.165) is 39.0 Å². The molecule has 0 N–H and O–H groups in total. The smallest absolute Gasteiger partial charge is 0.150 e. The minimum atomic E-state index is -2.72. The molecule has 0 aromatic carbocycles. The van der Waals surface area contributed by atoms with Gasteiger partial charge in [-0.3, -0.25) is 9.80 Å². The van der Waals surface area contributed by atoms with Crippen molar-refractivity contribution in [1.82, 2.24) is 9.80 Å². The average molecular weight is 274 g/mol. The molecule has 0 spiro atoms. The molecule has 2 rings (SSSR count). The molecule has 4 nitrogen and oxygen atoms in total. The number of hydrogen-bond donors (Lipinski definition) is 0. The number of hydrogen-bond acceptors (Lipinski definition) is 4. The van der Waals surface area contributed by atoms with Crippen LogP contribution < -0.4 is 0 Å². The van der Waals surface area contributed by atoms with E-state index in [-0.39, 0.29) is 0 Å². The molecule has 2 saturated heterocycles. The molecule has 0 saturated carbocycles. The first-order chi connectivity index (χ1) is 8.52. The van der Waals surface area contributed by atoms with Crippen LogP contribution in [-0.2, 0) is 9.84 Å². The second kappa shape index (κ2) is 5.88. The molecule has 2 heterocycles. The van der Waals surface area contributed by atoms with Crippen LogP contribution in [0.15, 0.2) is 0 Å². The van der Waals surface area contributed by atoms with Crippen molar-refractivity contribution in [2.45, 2.75) is 45.2 Å². The highest BCUT2D eigenvalue weighted by Gasteiger charge is 2.30. The lowest BCUT2D eigenvalue weighted by Gasteiger charge is -2.42. The zero-order chi connectivity index (χ0) is 13.2. The van der Waals surface area contributed by atoms with Gasteiger partial charge in [-0.1, -0.05) is 6.92 Å². The maximum atomic E-state index is 11.4. The number of piperazine rings is 1. The second-order valence-electron chi connectivity index (χ2n) is 5.71. The van der Waals surface area contributed by atoms with Crippen molar-refractivity contribution >= 4 is 9.84 Å². The molecule has 0 aromatic rings. The Kier molecular flexibility index (Phi) is 4.67. The van der Waals surface area contributed by atoms with Crippen molar-refractivity contribution in [2.24, 2.45) is 0 Å².